The van der Waals surface area contributed by atoms with Gasteiger partial charge in [-0.2, -0.15) is 0 Å². The van der Waals surface area contributed by atoms with Gasteiger partial charge in [-0.3, -0.25) is 10.1 Å². The number of anilines is 1. The second-order valence-electron chi connectivity index (χ2n) is 9.59. The lowest BCUT2D eigenvalue weighted by atomic mass is 9.91. The van der Waals surface area contributed by atoms with Crippen LogP contribution in [-0.2, 0) is 15.1 Å². The summed E-state index contributed by atoms with van der Waals surface area (Å²) in [6.07, 6.45) is -6.21. The number of carbonyl (C=O) groups excluding carboxylic acids is 2. The molecule has 0 radical (unpaired) electrons. The molecule has 3 aromatic carbocycles. The molecule has 43 heavy (non-hydrogen) atoms. The van der Waals surface area contributed by atoms with Gasteiger partial charge in [-0.15, -0.1) is 13.2 Å². The normalized spacial score (nSPS) is 13.3. The second-order valence-corrected chi connectivity index (χ2v) is 9.59. The van der Waals surface area contributed by atoms with Gasteiger partial charge in [0.15, 0.2) is 5.54 Å². The number of carboxylic acids is 1. The standard InChI is InChI=1S/C30H26F3N3O7/c1-17-24(26(43-36-17)34-28(40)41-18(2)19-7-5-4-6-8-19)20-9-11-21(12-10-20)25(37)35-29(3,27(38)39)22-13-15-23(16-14-22)42-30(31,32)33/h4-16,18H,1-3H3,(H,34,40)(H,35,37)(H,38,39). The predicted molar refractivity (Wildman–Crippen MR) is 147 cm³/mol. The molecule has 0 spiro atoms. The summed E-state index contributed by atoms with van der Waals surface area (Å²) < 4.78 is 52.0. The number of ether oxygens (including phenoxy) is 2. The van der Waals surface area contributed by atoms with Crippen molar-refractivity contribution in [1.82, 2.24) is 10.5 Å². The monoisotopic (exact) mass is 597 g/mol. The molecule has 0 saturated heterocycles. The van der Waals surface area contributed by atoms with Crippen LogP contribution in [0, 0.1) is 6.92 Å². The molecular weight excluding hydrogens is 571 g/mol. The lowest BCUT2D eigenvalue weighted by Gasteiger charge is -2.27. The fourth-order valence-corrected chi connectivity index (χ4v) is 4.20. The third-order valence-electron chi connectivity index (χ3n) is 6.52. The Morgan fingerprint density at radius 3 is 2.16 bits per heavy atom. The first kappa shape index (κ1) is 30.6. The van der Waals surface area contributed by atoms with E-state index in [1.807, 2.05) is 30.3 Å². The zero-order valence-electron chi connectivity index (χ0n) is 23.1. The van der Waals surface area contributed by atoms with Crippen LogP contribution >= 0.6 is 0 Å². The number of benzene rings is 3. The van der Waals surface area contributed by atoms with Crippen molar-refractivity contribution in [3.8, 4) is 16.9 Å². The van der Waals surface area contributed by atoms with E-state index < -0.39 is 41.7 Å². The van der Waals surface area contributed by atoms with E-state index in [0.717, 1.165) is 29.8 Å². The molecule has 2 unspecified atom stereocenters. The van der Waals surface area contributed by atoms with Crippen LogP contribution in [0.3, 0.4) is 0 Å². The number of carboxylic acid groups (broad SMARTS) is 1. The molecule has 224 valence electrons. The third-order valence-corrected chi connectivity index (χ3v) is 6.52. The molecule has 1 aromatic heterocycles. The quantitative estimate of drug-likeness (QED) is 0.196. The summed E-state index contributed by atoms with van der Waals surface area (Å²) in [7, 11) is 0. The van der Waals surface area contributed by atoms with Gasteiger partial charge in [0.1, 0.15) is 11.9 Å². The van der Waals surface area contributed by atoms with E-state index in [4.69, 9.17) is 9.26 Å². The summed E-state index contributed by atoms with van der Waals surface area (Å²) in [6.45, 7) is 4.58. The van der Waals surface area contributed by atoms with Crippen LogP contribution in [-0.4, -0.2) is 34.6 Å². The minimum absolute atomic E-state index is 0.0174. The van der Waals surface area contributed by atoms with Gasteiger partial charge in [0, 0.05) is 5.56 Å². The average Bonchev–Trinajstić information content (AvgIpc) is 3.32. The van der Waals surface area contributed by atoms with Crippen molar-refractivity contribution in [3.05, 3.63) is 101 Å². The number of nitrogens with zero attached hydrogens (tertiary/aromatic N) is 1. The maximum atomic E-state index is 13.0. The Balaban J connectivity index is 1.48. The van der Waals surface area contributed by atoms with Crippen molar-refractivity contribution in [3.63, 3.8) is 0 Å². The van der Waals surface area contributed by atoms with Gasteiger partial charge in [-0.1, -0.05) is 59.8 Å². The fourth-order valence-electron chi connectivity index (χ4n) is 4.20. The molecule has 4 rings (SSSR count). The number of carbonyl (C=O) groups is 3. The van der Waals surface area contributed by atoms with E-state index in [-0.39, 0.29) is 17.0 Å². The number of rotatable bonds is 9. The van der Waals surface area contributed by atoms with Crippen molar-refractivity contribution in [2.75, 3.05) is 5.32 Å². The first-order valence-electron chi connectivity index (χ1n) is 12.8. The SMILES string of the molecule is Cc1noc(NC(=O)OC(C)c2ccccc2)c1-c1ccc(C(=O)NC(C)(C(=O)O)c2ccc(OC(F)(F)F)cc2)cc1. The van der Waals surface area contributed by atoms with Crippen LogP contribution in [0.2, 0.25) is 0 Å². The van der Waals surface area contributed by atoms with Crippen LogP contribution in [0.25, 0.3) is 11.1 Å². The number of aromatic nitrogens is 1. The lowest BCUT2D eigenvalue weighted by Crippen LogP contribution is -2.49. The Bertz CT molecular complexity index is 1600. The van der Waals surface area contributed by atoms with Gasteiger partial charge in [-0.25, -0.2) is 9.59 Å². The molecule has 0 saturated carbocycles. The highest BCUT2D eigenvalue weighted by Crippen LogP contribution is 2.33. The predicted octanol–water partition coefficient (Wildman–Crippen LogP) is 6.59. The number of amides is 2. The summed E-state index contributed by atoms with van der Waals surface area (Å²) in [6, 6.07) is 19.3. The Labute approximate surface area is 243 Å². The van der Waals surface area contributed by atoms with Gasteiger partial charge < -0.3 is 24.4 Å². The number of aryl methyl sites for hydroxylation is 1. The Hall–Kier alpha value is -5.33. The summed E-state index contributed by atoms with van der Waals surface area (Å²) in [5.41, 5.74) is 0.339. The maximum Gasteiger partial charge on any atom is 0.573 e. The van der Waals surface area contributed by atoms with Crippen LogP contribution in [0.15, 0.2) is 83.4 Å². The van der Waals surface area contributed by atoms with Crippen molar-refractivity contribution < 1.29 is 46.7 Å². The van der Waals surface area contributed by atoms with E-state index in [0.29, 0.717) is 16.8 Å². The largest absolute Gasteiger partial charge is 0.573 e. The van der Waals surface area contributed by atoms with Crippen molar-refractivity contribution >= 4 is 23.9 Å². The first-order chi connectivity index (χ1) is 20.3. The van der Waals surface area contributed by atoms with E-state index in [2.05, 4.69) is 20.5 Å². The number of aliphatic carboxylic acids is 1. The molecule has 2 atom stereocenters. The van der Waals surface area contributed by atoms with E-state index in [1.54, 1.807) is 26.0 Å². The van der Waals surface area contributed by atoms with Gasteiger partial charge in [0.2, 0.25) is 5.88 Å². The zero-order chi connectivity index (χ0) is 31.4. The van der Waals surface area contributed by atoms with Gasteiger partial charge in [0.05, 0.1) is 11.3 Å². The second kappa shape index (κ2) is 12.3. The van der Waals surface area contributed by atoms with Crippen LogP contribution in [0.1, 0.15) is 47.1 Å². The fraction of sp³-hybridized carbons (Fsp3) is 0.200. The van der Waals surface area contributed by atoms with E-state index >= 15 is 0 Å². The van der Waals surface area contributed by atoms with Crippen LogP contribution < -0.4 is 15.4 Å². The smallest absolute Gasteiger partial charge is 0.479 e. The summed E-state index contributed by atoms with van der Waals surface area (Å²) >= 11 is 0. The van der Waals surface area contributed by atoms with E-state index in [1.165, 1.54) is 19.1 Å². The molecule has 3 N–H and O–H groups in total. The minimum atomic E-state index is -4.91. The molecule has 4 aromatic rings. The highest BCUT2D eigenvalue weighted by atomic mass is 19.4. The highest BCUT2D eigenvalue weighted by Gasteiger charge is 2.38. The maximum absolute atomic E-state index is 13.0. The molecule has 0 aliphatic carbocycles. The molecular formula is C30H26F3N3O7. The molecule has 0 aliphatic rings. The number of nitrogens with one attached hydrogen (secondary N) is 2. The molecule has 2 amide bonds. The Kier molecular flexibility index (Phi) is 8.74. The van der Waals surface area contributed by atoms with Crippen LogP contribution in [0.5, 0.6) is 5.75 Å². The summed E-state index contributed by atoms with van der Waals surface area (Å²) in [4.78, 5) is 37.7. The number of hydrogen-bond donors (Lipinski definition) is 3. The minimum Gasteiger partial charge on any atom is -0.479 e. The van der Waals surface area contributed by atoms with Gasteiger partial charge >= 0.3 is 18.4 Å². The summed E-state index contributed by atoms with van der Waals surface area (Å²) in [5.74, 6) is -2.71. The molecule has 0 bridgehead atoms. The molecule has 0 fully saturated rings. The molecule has 13 heteroatoms. The third kappa shape index (κ3) is 7.31. The Morgan fingerprint density at radius 1 is 0.953 bits per heavy atom. The van der Waals surface area contributed by atoms with Crippen LogP contribution in [0.4, 0.5) is 23.8 Å². The number of hydrogen-bond acceptors (Lipinski definition) is 7. The van der Waals surface area contributed by atoms with Gasteiger partial charge in [-0.05, 0) is 61.7 Å². The van der Waals surface area contributed by atoms with Gasteiger partial charge in [0.25, 0.3) is 5.91 Å². The van der Waals surface area contributed by atoms with Crippen molar-refractivity contribution in [2.24, 2.45) is 0 Å². The topological polar surface area (TPSA) is 140 Å². The summed E-state index contributed by atoms with van der Waals surface area (Å²) in [5, 5.41) is 18.7. The van der Waals surface area contributed by atoms with Crippen molar-refractivity contribution in [2.45, 2.75) is 38.8 Å². The highest BCUT2D eigenvalue weighted by molar-refractivity contribution is 5.99. The number of alkyl halides is 3. The molecule has 10 nitrogen and oxygen atoms in total. The van der Waals surface area contributed by atoms with Crippen molar-refractivity contribution in [1.29, 1.82) is 0 Å². The average molecular weight is 598 g/mol. The molecule has 0 aliphatic heterocycles. The molecule has 1 heterocycles. The number of halogens is 3. The lowest BCUT2D eigenvalue weighted by molar-refractivity contribution is -0.274. The Morgan fingerprint density at radius 2 is 1.58 bits per heavy atom. The zero-order valence-corrected chi connectivity index (χ0v) is 23.1. The van der Waals surface area contributed by atoms with E-state index in [9.17, 15) is 32.7 Å². The first-order valence-corrected chi connectivity index (χ1v) is 12.8.